The van der Waals surface area contributed by atoms with Gasteiger partial charge in [0.25, 0.3) is 0 Å². The van der Waals surface area contributed by atoms with Crippen LogP contribution >= 0.6 is 0 Å². The molecule has 1 heterocycles. The minimum Gasteiger partial charge on any atom is -0.376 e. The standard InChI is InChI=1S/C13H22N2O2/c1-3-6-11(9-14)13(16)15(4-2)10-12-7-5-8-17-12/h11-12H,3-8,10H2,1-2H3. The molecule has 0 saturated carbocycles. The number of likely N-dealkylation sites (N-methyl/N-ethyl adjacent to an activating group) is 1. The third-order valence-electron chi connectivity index (χ3n) is 3.17. The van der Waals surface area contributed by atoms with Crippen LogP contribution in [0.3, 0.4) is 0 Å². The summed E-state index contributed by atoms with van der Waals surface area (Å²) in [6.45, 7) is 6.03. The Morgan fingerprint density at radius 1 is 1.59 bits per heavy atom. The third kappa shape index (κ3) is 4.01. The van der Waals surface area contributed by atoms with E-state index in [1.54, 1.807) is 4.90 Å². The van der Waals surface area contributed by atoms with Gasteiger partial charge in [-0.3, -0.25) is 4.79 Å². The van der Waals surface area contributed by atoms with Gasteiger partial charge < -0.3 is 9.64 Å². The molecule has 0 radical (unpaired) electrons. The highest BCUT2D eigenvalue weighted by atomic mass is 16.5. The molecule has 1 rings (SSSR count). The van der Waals surface area contributed by atoms with Gasteiger partial charge >= 0.3 is 0 Å². The lowest BCUT2D eigenvalue weighted by atomic mass is 10.0. The minimum absolute atomic E-state index is 0.0349. The van der Waals surface area contributed by atoms with Gasteiger partial charge in [-0.2, -0.15) is 5.26 Å². The fourth-order valence-corrected chi connectivity index (χ4v) is 2.16. The molecule has 4 heteroatoms. The molecule has 1 saturated heterocycles. The summed E-state index contributed by atoms with van der Waals surface area (Å²) < 4.78 is 5.53. The Labute approximate surface area is 104 Å². The highest BCUT2D eigenvalue weighted by molar-refractivity contribution is 5.81. The molecule has 0 aromatic rings. The molecule has 0 bridgehead atoms. The zero-order chi connectivity index (χ0) is 12.7. The third-order valence-corrected chi connectivity index (χ3v) is 3.17. The van der Waals surface area contributed by atoms with Crippen molar-refractivity contribution in [2.45, 2.75) is 45.6 Å². The van der Waals surface area contributed by atoms with E-state index in [1.807, 2.05) is 13.8 Å². The molecule has 96 valence electrons. The topological polar surface area (TPSA) is 53.3 Å². The van der Waals surface area contributed by atoms with Gasteiger partial charge in [0.15, 0.2) is 0 Å². The summed E-state index contributed by atoms with van der Waals surface area (Å²) in [4.78, 5) is 13.9. The van der Waals surface area contributed by atoms with E-state index in [9.17, 15) is 4.79 Å². The summed E-state index contributed by atoms with van der Waals surface area (Å²) in [5.41, 5.74) is 0. The van der Waals surface area contributed by atoms with Crippen LogP contribution in [0.15, 0.2) is 0 Å². The van der Waals surface area contributed by atoms with E-state index in [4.69, 9.17) is 10.00 Å². The number of ether oxygens (including phenoxy) is 1. The van der Waals surface area contributed by atoms with Crippen molar-refractivity contribution in [1.29, 1.82) is 5.26 Å². The van der Waals surface area contributed by atoms with Crippen LogP contribution in [0, 0.1) is 17.2 Å². The first-order valence-corrected chi connectivity index (χ1v) is 6.52. The molecule has 1 amide bonds. The van der Waals surface area contributed by atoms with E-state index in [2.05, 4.69) is 6.07 Å². The average molecular weight is 238 g/mol. The van der Waals surface area contributed by atoms with E-state index in [0.717, 1.165) is 25.9 Å². The van der Waals surface area contributed by atoms with Crippen molar-refractivity contribution < 1.29 is 9.53 Å². The van der Waals surface area contributed by atoms with Crippen molar-refractivity contribution in [3.63, 3.8) is 0 Å². The molecule has 0 aromatic carbocycles. The molecule has 17 heavy (non-hydrogen) atoms. The first kappa shape index (κ1) is 14.0. The van der Waals surface area contributed by atoms with Crippen LogP contribution in [-0.4, -0.2) is 36.6 Å². The Morgan fingerprint density at radius 3 is 2.82 bits per heavy atom. The minimum atomic E-state index is -0.485. The Morgan fingerprint density at radius 2 is 2.35 bits per heavy atom. The van der Waals surface area contributed by atoms with Crippen LogP contribution in [0.25, 0.3) is 0 Å². The largest absolute Gasteiger partial charge is 0.376 e. The number of rotatable bonds is 6. The van der Waals surface area contributed by atoms with Crippen LogP contribution in [0.2, 0.25) is 0 Å². The number of carbonyl (C=O) groups is 1. The lowest BCUT2D eigenvalue weighted by Crippen LogP contribution is -2.40. The van der Waals surface area contributed by atoms with Gasteiger partial charge in [-0.1, -0.05) is 13.3 Å². The van der Waals surface area contributed by atoms with Gasteiger partial charge in [-0.05, 0) is 26.2 Å². The van der Waals surface area contributed by atoms with Crippen molar-refractivity contribution in [3.8, 4) is 6.07 Å². The molecule has 0 spiro atoms. The number of amides is 1. The number of hydrogen-bond acceptors (Lipinski definition) is 3. The highest BCUT2D eigenvalue weighted by Crippen LogP contribution is 2.16. The van der Waals surface area contributed by atoms with Crippen LogP contribution in [0.5, 0.6) is 0 Å². The van der Waals surface area contributed by atoms with Gasteiger partial charge in [0, 0.05) is 19.7 Å². The highest BCUT2D eigenvalue weighted by Gasteiger charge is 2.26. The van der Waals surface area contributed by atoms with Crippen LogP contribution < -0.4 is 0 Å². The zero-order valence-corrected chi connectivity index (χ0v) is 10.8. The Bertz CT molecular complexity index is 280. The van der Waals surface area contributed by atoms with Crippen molar-refractivity contribution in [2.75, 3.05) is 19.7 Å². The normalized spacial score (nSPS) is 20.9. The maximum absolute atomic E-state index is 12.1. The predicted octanol–water partition coefficient (Wildman–Crippen LogP) is 1.95. The van der Waals surface area contributed by atoms with Crippen molar-refractivity contribution >= 4 is 5.91 Å². The summed E-state index contributed by atoms with van der Waals surface area (Å²) in [5, 5.41) is 9.00. The van der Waals surface area contributed by atoms with Gasteiger partial charge in [-0.25, -0.2) is 0 Å². The van der Waals surface area contributed by atoms with Crippen LogP contribution in [-0.2, 0) is 9.53 Å². The van der Waals surface area contributed by atoms with Crippen LogP contribution in [0.1, 0.15) is 39.5 Å². The Kier molecular flexibility index (Phi) is 5.99. The molecular formula is C13H22N2O2. The van der Waals surface area contributed by atoms with Crippen molar-refractivity contribution in [2.24, 2.45) is 5.92 Å². The number of nitriles is 1. The molecule has 0 N–H and O–H groups in total. The molecule has 4 nitrogen and oxygen atoms in total. The fourth-order valence-electron chi connectivity index (χ4n) is 2.16. The van der Waals surface area contributed by atoms with Crippen LogP contribution in [0.4, 0.5) is 0 Å². The summed E-state index contributed by atoms with van der Waals surface area (Å²) in [7, 11) is 0. The van der Waals surface area contributed by atoms with Crippen molar-refractivity contribution in [1.82, 2.24) is 4.90 Å². The second-order valence-corrected chi connectivity index (χ2v) is 4.48. The first-order chi connectivity index (χ1) is 8.22. The summed E-state index contributed by atoms with van der Waals surface area (Å²) in [6, 6.07) is 2.11. The summed E-state index contributed by atoms with van der Waals surface area (Å²) in [5.74, 6) is -0.520. The molecule has 2 atom stereocenters. The van der Waals surface area contributed by atoms with Crippen molar-refractivity contribution in [3.05, 3.63) is 0 Å². The second kappa shape index (κ2) is 7.29. The smallest absolute Gasteiger partial charge is 0.240 e. The van der Waals surface area contributed by atoms with E-state index in [1.165, 1.54) is 0 Å². The maximum atomic E-state index is 12.1. The maximum Gasteiger partial charge on any atom is 0.240 e. The molecule has 1 aliphatic heterocycles. The quantitative estimate of drug-likeness (QED) is 0.710. The number of nitrogens with zero attached hydrogens (tertiary/aromatic N) is 2. The molecule has 0 aromatic heterocycles. The lowest BCUT2D eigenvalue weighted by molar-refractivity contribution is -0.135. The summed E-state index contributed by atoms with van der Waals surface area (Å²) >= 11 is 0. The average Bonchev–Trinajstić information content (AvgIpc) is 2.85. The monoisotopic (exact) mass is 238 g/mol. The zero-order valence-electron chi connectivity index (χ0n) is 10.8. The molecule has 1 fully saturated rings. The summed E-state index contributed by atoms with van der Waals surface area (Å²) in [6.07, 6.45) is 3.78. The van der Waals surface area contributed by atoms with Gasteiger partial charge in [0.05, 0.1) is 12.2 Å². The van der Waals surface area contributed by atoms with E-state index < -0.39 is 5.92 Å². The van der Waals surface area contributed by atoms with E-state index in [-0.39, 0.29) is 12.0 Å². The predicted molar refractivity (Wildman–Crippen MR) is 65.2 cm³/mol. The van der Waals surface area contributed by atoms with E-state index >= 15 is 0 Å². The molecule has 2 unspecified atom stereocenters. The molecule has 0 aliphatic carbocycles. The van der Waals surface area contributed by atoms with E-state index in [0.29, 0.717) is 19.5 Å². The number of hydrogen-bond donors (Lipinski definition) is 0. The van der Waals surface area contributed by atoms with Gasteiger partial charge in [-0.15, -0.1) is 0 Å². The Hall–Kier alpha value is -1.08. The number of carbonyl (C=O) groups excluding carboxylic acids is 1. The first-order valence-electron chi connectivity index (χ1n) is 6.52. The second-order valence-electron chi connectivity index (χ2n) is 4.48. The van der Waals surface area contributed by atoms with Gasteiger partial charge in [0.1, 0.15) is 5.92 Å². The lowest BCUT2D eigenvalue weighted by Gasteiger charge is -2.25. The molecular weight excluding hydrogens is 216 g/mol. The fraction of sp³-hybridized carbons (Fsp3) is 0.846. The molecule has 1 aliphatic rings. The van der Waals surface area contributed by atoms with Gasteiger partial charge in [0.2, 0.25) is 5.91 Å². The SMILES string of the molecule is CCCC(C#N)C(=O)N(CC)CC1CCCO1. The Balaban J connectivity index is 2.52.